The molecule has 336 valence electrons. The van der Waals surface area contributed by atoms with E-state index in [-0.39, 0.29) is 34.8 Å². The lowest BCUT2D eigenvalue weighted by Crippen LogP contribution is -2.39. The molecule has 0 bridgehead atoms. The number of nitrogens with one attached hydrogen (secondary N) is 2. The van der Waals surface area contributed by atoms with Crippen LogP contribution in [-0.2, 0) is 0 Å². The second-order valence-corrected chi connectivity index (χ2v) is 17.8. The minimum absolute atomic E-state index is 0.0500. The molecule has 15 heteroatoms. The molecule has 0 saturated carbocycles. The van der Waals surface area contributed by atoms with Gasteiger partial charge in [0.2, 0.25) is 0 Å². The third-order valence-corrected chi connectivity index (χ3v) is 13.3. The number of thiophene rings is 1. The Hall–Kier alpha value is -6.09. The molecule has 2 aromatic carbocycles. The molecule has 6 heterocycles. The summed E-state index contributed by atoms with van der Waals surface area (Å²) in [7, 11) is 0. The van der Waals surface area contributed by atoms with Gasteiger partial charge >= 0.3 is 0 Å². The third kappa shape index (κ3) is 11.9. The zero-order valence-electron chi connectivity index (χ0n) is 36.0. The average Bonchev–Trinajstić information content (AvgIpc) is 3.97. The molecule has 6 aromatic rings. The Morgan fingerprint density at radius 1 is 0.734 bits per heavy atom. The quantitative estimate of drug-likeness (QED) is 0.105. The number of aryl methyl sites for hydroxylation is 1. The molecule has 0 radical (unpaired) electrons. The van der Waals surface area contributed by atoms with Gasteiger partial charge in [-0.2, -0.15) is 0 Å². The van der Waals surface area contributed by atoms with Gasteiger partial charge < -0.3 is 24.8 Å². The van der Waals surface area contributed by atoms with Crippen LogP contribution >= 0.6 is 11.3 Å². The number of aromatic nitrogens is 3. The first-order valence-electron chi connectivity index (χ1n) is 22.2. The number of carbonyl (C=O) groups is 4. The van der Waals surface area contributed by atoms with E-state index in [9.17, 15) is 32.3 Å². The normalized spacial score (nSPS) is 14.6. The van der Waals surface area contributed by atoms with E-state index in [2.05, 4.69) is 20.6 Å². The van der Waals surface area contributed by atoms with E-state index in [1.54, 1.807) is 65.8 Å². The van der Waals surface area contributed by atoms with Gasteiger partial charge in [0.15, 0.2) is 0 Å². The molecule has 2 fully saturated rings. The van der Waals surface area contributed by atoms with E-state index in [4.69, 9.17) is 0 Å². The Morgan fingerprint density at radius 2 is 1.39 bits per heavy atom. The van der Waals surface area contributed by atoms with E-state index in [0.717, 1.165) is 92.1 Å². The Balaban J connectivity index is 0.000000191. The first-order valence-corrected chi connectivity index (χ1v) is 23.0. The third-order valence-electron chi connectivity index (χ3n) is 12.2. The minimum atomic E-state index is -0.813. The van der Waals surface area contributed by atoms with Crippen molar-refractivity contribution < 1.29 is 32.3 Å². The first kappa shape index (κ1) is 45.9. The maximum absolute atomic E-state index is 14.3. The van der Waals surface area contributed by atoms with E-state index in [0.29, 0.717) is 67.1 Å². The number of pyridine rings is 2. The van der Waals surface area contributed by atoms with Gasteiger partial charge in [-0.1, -0.05) is 37.8 Å². The Labute approximate surface area is 375 Å². The lowest BCUT2D eigenvalue weighted by molar-refractivity contribution is 0.0673. The summed E-state index contributed by atoms with van der Waals surface area (Å²) in [6.45, 7) is 5.46. The number of carbonyl (C=O) groups excluding carboxylic acids is 4. The van der Waals surface area contributed by atoms with Gasteiger partial charge in [-0.05, 0) is 111 Å². The molecule has 4 aromatic heterocycles. The highest BCUT2D eigenvalue weighted by molar-refractivity contribution is 7.20. The smallest absolute Gasteiger partial charge is 0.261 e. The average molecular weight is 894 g/mol. The fourth-order valence-corrected chi connectivity index (χ4v) is 9.37. The number of imidazole rings is 1. The van der Waals surface area contributed by atoms with Gasteiger partial charge in [-0.15, -0.1) is 11.3 Å². The zero-order chi connectivity index (χ0) is 45.0. The molecule has 2 aliphatic heterocycles. The molecule has 0 spiro atoms. The number of nitrogens with zero attached hydrogens (tertiary/aromatic N) is 5. The number of unbranched alkanes of at least 4 members (excludes halogenated alkanes) is 2. The molecule has 0 unspecified atom stereocenters. The number of likely N-dealkylation sites (tertiary alicyclic amines) is 2. The molecule has 0 atom stereocenters. The number of benzene rings is 2. The fraction of sp³-hybridized carbons (Fsp3) is 0.388. The van der Waals surface area contributed by atoms with Crippen molar-refractivity contribution >= 4 is 50.7 Å². The molecule has 2 aliphatic rings. The van der Waals surface area contributed by atoms with Crippen molar-refractivity contribution in [2.24, 2.45) is 11.8 Å². The Morgan fingerprint density at radius 3 is 2.05 bits per heavy atom. The number of halogens is 3. The molecule has 4 amide bonds. The van der Waals surface area contributed by atoms with E-state index in [1.807, 2.05) is 28.8 Å². The van der Waals surface area contributed by atoms with E-state index >= 15 is 0 Å². The molecule has 2 saturated heterocycles. The number of piperidine rings is 2. The number of hydrogen-bond acceptors (Lipinski definition) is 7. The van der Waals surface area contributed by atoms with Crippen molar-refractivity contribution in [3.05, 3.63) is 136 Å². The summed E-state index contributed by atoms with van der Waals surface area (Å²) < 4.78 is 44.0. The SMILES string of the molecule is Cc1cccc(C(=O)N2CCC(CCCCNC(=O)c3ccc4nccn4c3)CC2)c1F.O=C(NCCCCC1CCN(C(=O)c2ccc(F)cc2F)CC1)c1cc2ccncc2s1. The van der Waals surface area contributed by atoms with Gasteiger partial charge in [-0.3, -0.25) is 24.2 Å². The van der Waals surface area contributed by atoms with Gasteiger partial charge in [0.05, 0.1) is 26.3 Å². The summed E-state index contributed by atoms with van der Waals surface area (Å²) in [6, 6.07) is 15.5. The molecule has 0 aliphatic carbocycles. The van der Waals surface area contributed by atoms with Crippen LogP contribution in [0.2, 0.25) is 0 Å². The van der Waals surface area contributed by atoms with Crippen molar-refractivity contribution in [3.8, 4) is 0 Å². The van der Waals surface area contributed by atoms with Crippen molar-refractivity contribution in [1.82, 2.24) is 34.8 Å². The fourth-order valence-electron chi connectivity index (χ4n) is 8.43. The summed E-state index contributed by atoms with van der Waals surface area (Å²) in [4.78, 5) is 62.2. The maximum Gasteiger partial charge on any atom is 0.261 e. The highest BCUT2D eigenvalue weighted by Gasteiger charge is 2.27. The summed E-state index contributed by atoms with van der Waals surface area (Å²) >= 11 is 1.45. The molecular weight excluding hydrogens is 840 g/mol. The molecule has 2 N–H and O–H groups in total. The Kier molecular flexibility index (Phi) is 15.8. The number of hydrogen-bond donors (Lipinski definition) is 2. The molecule has 64 heavy (non-hydrogen) atoms. The van der Waals surface area contributed by atoms with Crippen LogP contribution in [0.1, 0.15) is 111 Å². The summed E-state index contributed by atoms with van der Waals surface area (Å²) in [5.41, 5.74) is 2.04. The number of rotatable bonds is 14. The topological polar surface area (TPSA) is 129 Å². The van der Waals surface area contributed by atoms with Crippen LogP contribution in [0, 0.1) is 36.2 Å². The first-order chi connectivity index (χ1) is 31.0. The van der Waals surface area contributed by atoms with Crippen LogP contribution in [0.3, 0.4) is 0 Å². The molecule has 8 rings (SSSR count). The zero-order valence-corrected chi connectivity index (χ0v) is 36.9. The van der Waals surface area contributed by atoms with Crippen LogP contribution in [-0.4, -0.2) is 87.1 Å². The number of amides is 4. The van der Waals surface area contributed by atoms with Crippen LogP contribution < -0.4 is 10.6 Å². The van der Waals surface area contributed by atoms with Gasteiger partial charge in [0.25, 0.3) is 23.6 Å². The van der Waals surface area contributed by atoms with Gasteiger partial charge in [0.1, 0.15) is 23.1 Å². The molecule has 11 nitrogen and oxygen atoms in total. The minimum Gasteiger partial charge on any atom is -0.352 e. The standard InChI is InChI=1S/C25H29FN4O2.C24H25F2N3O2S/c1-18-5-4-7-21(23(18)26)25(32)29-14-10-19(11-15-29)6-2-3-12-28-24(31)20-8-9-22-27-13-16-30(22)17-20;25-18-4-5-19(20(26)14-18)24(31)29-11-7-16(8-12-29)3-1-2-9-28-23(30)21-13-17-6-10-27-15-22(17)32-21/h4-5,7-9,13,16-17,19H,2-3,6,10-12,14-15H2,1H3,(H,28,31);4-6,10,13-16H,1-3,7-9,11-12H2,(H,28,30). The van der Waals surface area contributed by atoms with Crippen LogP contribution in [0.5, 0.6) is 0 Å². The number of fused-ring (bicyclic) bond motifs is 2. The highest BCUT2D eigenvalue weighted by atomic mass is 32.1. The largest absolute Gasteiger partial charge is 0.352 e. The van der Waals surface area contributed by atoms with Crippen molar-refractivity contribution in [3.63, 3.8) is 0 Å². The molecular formula is C49H54F3N7O4S. The summed E-state index contributed by atoms with van der Waals surface area (Å²) in [6.07, 6.45) is 18.4. The van der Waals surface area contributed by atoms with Crippen LogP contribution in [0.4, 0.5) is 13.2 Å². The van der Waals surface area contributed by atoms with Crippen LogP contribution in [0.25, 0.3) is 15.7 Å². The highest BCUT2D eigenvalue weighted by Crippen LogP contribution is 2.27. The van der Waals surface area contributed by atoms with E-state index in [1.165, 1.54) is 17.4 Å². The summed E-state index contributed by atoms with van der Waals surface area (Å²) in [5.74, 6) is -1.53. The maximum atomic E-state index is 14.3. The monoisotopic (exact) mass is 893 g/mol. The summed E-state index contributed by atoms with van der Waals surface area (Å²) in [5, 5.41) is 7.00. The van der Waals surface area contributed by atoms with Gasteiger partial charge in [0, 0.05) is 76.3 Å². The lowest BCUT2D eigenvalue weighted by Gasteiger charge is -2.32. The van der Waals surface area contributed by atoms with Gasteiger partial charge in [-0.25, -0.2) is 18.2 Å². The van der Waals surface area contributed by atoms with E-state index < -0.39 is 17.5 Å². The van der Waals surface area contributed by atoms with Crippen molar-refractivity contribution in [2.45, 2.75) is 71.1 Å². The second kappa shape index (κ2) is 22.0. The lowest BCUT2D eigenvalue weighted by atomic mass is 9.91. The predicted molar refractivity (Wildman–Crippen MR) is 242 cm³/mol. The van der Waals surface area contributed by atoms with Crippen LogP contribution in [0.15, 0.2) is 91.6 Å². The Bertz CT molecular complexity index is 2530. The van der Waals surface area contributed by atoms with Crippen molar-refractivity contribution in [1.29, 1.82) is 0 Å². The second-order valence-electron chi connectivity index (χ2n) is 16.7. The van der Waals surface area contributed by atoms with Crippen molar-refractivity contribution in [2.75, 3.05) is 39.3 Å². The predicted octanol–water partition coefficient (Wildman–Crippen LogP) is 9.26.